The molecule has 0 aliphatic carbocycles. The third kappa shape index (κ3) is 5.14. The fourth-order valence-electron chi connectivity index (χ4n) is 1.22. The number of esters is 2. The van der Waals surface area contributed by atoms with E-state index in [1.165, 1.54) is 6.92 Å². The fourth-order valence-corrected chi connectivity index (χ4v) is 1.22. The van der Waals surface area contributed by atoms with E-state index in [4.69, 9.17) is 9.47 Å². The van der Waals surface area contributed by atoms with Crippen LogP contribution in [0.25, 0.3) is 0 Å². The second-order valence-electron chi connectivity index (χ2n) is 3.39. The summed E-state index contributed by atoms with van der Waals surface area (Å²) in [6.45, 7) is 8.21. The number of carbonyl (C=O) groups is 3. The highest BCUT2D eigenvalue weighted by Gasteiger charge is 2.32. The van der Waals surface area contributed by atoms with Crippen LogP contribution in [0.4, 0.5) is 0 Å². The van der Waals surface area contributed by atoms with Gasteiger partial charge in [-0.1, -0.05) is 6.58 Å². The summed E-state index contributed by atoms with van der Waals surface area (Å²) in [5.74, 6) is -1.24. The number of nitrogens with one attached hydrogen (secondary N) is 1. The Morgan fingerprint density at radius 3 is 2.35 bits per heavy atom. The van der Waals surface area contributed by atoms with E-state index in [0.29, 0.717) is 12.0 Å². The molecule has 0 saturated heterocycles. The monoisotopic (exact) mass is 243 g/mol. The van der Waals surface area contributed by atoms with Gasteiger partial charge < -0.3 is 14.8 Å². The van der Waals surface area contributed by atoms with Crippen LogP contribution in [0.15, 0.2) is 12.2 Å². The van der Waals surface area contributed by atoms with Gasteiger partial charge in [-0.15, -0.1) is 0 Å². The van der Waals surface area contributed by atoms with Gasteiger partial charge in [-0.05, 0) is 19.4 Å². The summed E-state index contributed by atoms with van der Waals surface area (Å²) in [4.78, 5) is 32.9. The first-order valence-electron chi connectivity index (χ1n) is 5.13. The van der Waals surface area contributed by atoms with Crippen molar-refractivity contribution >= 4 is 18.3 Å². The molecule has 0 fully saturated rings. The summed E-state index contributed by atoms with van der Waals surface area (Å²) < 4.78 is 9.71. The minimum absolute atomic E-state index is 0.166. The van der Waals surface area contributed by atoms with Crippen LogP contribution in [-0.4, -0.2) is 37.1 Å². The molecular formula is C11H17NO5. The molecule has 0 aliphatic heterocycles. The molecule has 2 atom stereocenters. The number of hydrogen-bond donors (Lipinski definition) is 1. The molecule has 0 heterocycles. The van der Waals surface area contributed by atoms with Crippen molar-refractivity contribution in [1.29, 1.82) is 0 Å². The lowest BCUT2D eigenvalue weighted by atomic mass is 10.1. The molecule has 0 aliphatic rings. The molecule has 96 valence electrons. The van der Waals surface area contributed by atoms with E-state index < -0.39 is 24.1 Å². The van der Waals surface area contributed by atoms with E-state index in [1.54, 1.807) is 13.8 Å². The number of amides is 1. The molecule has 0 aromatic carbocycles. The van der Waals surface area contributed by atoms with Crippen molar-refractivity contribution in [3.8, 4) is 0 Å². The van der Waals surface area contributed by atoms with Crippen LogP contribution in [0.2, 0.25) is 0 Å². The van der Waals surface area contributed by atoms with Gasteiger partial charge >= 0.3 is 11.9 Å². The van der Waals surface area contributed by atoms with E-state index in [2.05, 4.69) is 11.9 Å². The highest BCUT2D eigenvalue weighted by molar-refractivity contribution is 5.80. The van der Waals surface area contributed by atoms with Gasteiger partial charge in [-0.25, -0.2) is 4.79 Å². The van der Waals surface area contributed by atoms with Gasteiger partial charge in [0, 0.05) is 6.92 Å². The average Bonchev–Trinajstić information content (AvgIpc) is 2.22. The van der Waals surface area contributed by atoms with Crippen molar-refractivity contribution in [2.45, 2.75) is 32.9 Å². The third-order valence-corrected chi connectivity index (χ3v) is 1.87. The maximum Gasteiger partial charge on any atom is 0.332 e. The van der Waals surface area contributed by atoms with Crippen molar-refractivity contribution in [2.75, 3.05) is 6.61 Å². The second kappa shape index (κ2) is 7.43. The zero-order chi connectivity index (χ0) is 13.4. The third-order valence-electron chi connectivity index (χ3n) is 1.87. The predicted octanol–water partition coefficient (Wildman–Crippen LogP) is 0.172. The van der Waals surface area contributed by atoms with Crippen LogP contribution in [0.5, 0.6) is 0 Å². The molecule has 0 rings (SSSR count). The topological polar surface area (TPSA) is 81.7 Å². The predicted molar refractivity (Wildman–Crippen MR) is 60.0 cm³/mol. The van der Waals surface area contributed by atoms with Crippen molar-refractivity contribution in [3.05, 3.63) is 12.2 Å². The fraction of sp³-hybridized carbons (Fsp3) is 0.545. The lowest BCUT2D eigenvalue weighted by Crippen LogP contribution is -2.48. The second-order valence-corrected chi connectivity index (χ2v) is 3.39. The maximum absolute atomic E-state index is 11.6. The van der Waals surface area contributed by atoms with Gasteiger partial charge in [0.1, 0.15) is 0 Å². The van der Waals surface area contributed by atoms with Gasteiger partial charge in [-0.3, -0.25) is 9.59 Å². The number of rotatable bonds is 7. The summed E-state index contributed by atoms with van der Waals surface area (Å²) >= 11 is 0. The molecule has 0 radical (unpaired) electrons. The SMILES string of the molecule is C=C(C)C(OC(C)=O)[C@H](NC=O)C(=O)OCC. The number of hydrogen-bond acceptors (Lipinski definition) is 5. The number of carbonyl (C=O) groups excluding carboxylic acids is 3. The Hall–Kier alpha value is -1.85. The van der Waals surface area contributed by atoms with E-state index >= 15 is 0 Å². The first kappa shape index (κ1) is 15.2. The van der Waals surface area contributed by atoms with Gasteiger partial charge in [0.25, 0.3) is 0 Å². The first-order chi connectivity index (χ1) is 7.93. The molecule has 1 unspecified atom stereocenters. The molecule has 0 spiro atoms. The van der Waals surface area contributed by atoms with E-state index in [9.17, 15) is 14.4 Å². The van der Waals surface area contributed by atoms with Crippen LogP contribution >= 0.6 is 0 Å². The molecule has 0 saturated carbocycles. The molecule has 0 aromatic heterocycles. The highest BCUT2D eigenvalue weighted by atomic mass is 16.6. The van der Waals surface area contributed by atoms with Gasteiger partial charge in [0.15, 0.2) is 12.1 Å². The van der Waals surface area contributed by atoms with Gasteiger partial charge in [0.2, 0.25) is 6.41 Å². The number of ether oxygens (including phenoxy) is 2. The molecule has 6 heteroatoms. The Morgan fingerprint density at radius 1 is 1.41 bits per heavy atom. The largest absolute Gasteiger partial charge is 0.464 e. The molecule has 0 aromatic rings. The zero-order valence-electron chi connectivity index (χ0n) is 10.2. The quantitative estimate of drug-likeness (QED) is 0.391. The molecule has 6 nitrogen and oxygen atoms in total. The van der Waals surface area contributed by atoms with Crippen LogP contribution in [0.1, 0.15) is 20.8 Å². The molecular weight excluding hydrogens is 226 g/mol. The van der Waals surface area contributed by atoms with Crippen LogP contribution in [0.3, 0.4) is 0 Å². The summed E-state index contributed by atoms with van der Waals surface area (Å²) in [7, 11) is 0. The van der Waals surface area contributed by atoms with Crippen molar-refractivity contribution in [3.63, 3.8) is 0 Å². The average molecular weight is 243 g/mol. The van der Waals surface area contributed by atoms with Crippen molar-refractivity contribution in [1.82, 2.24) is 5.32 Å². The Balaban J connectivity index is 4.93. The Morgan fingerprint density at radius 2 is 2.00 bits per heavy atom. The summed E-state index contributed by atoms with van der Waals surface area (Å²) in [6, 6.07) is -1.08. The molecule has 1 amide bonds. The van der Waals surface area contributed by atoms with Crippen LogP contribution < -0.4 is 5.32 Å². The standard InChI is InChI=1S/C11H17NO5/c1-5-16-11(15)9(12-6-13)10(7(2)3)17-8(4)14/h6,9-10H,2,5H2,1,3-4H3,(H,12,13)/t9-,10?/m0/s1. The minimum Gasteiger partial charge on any atom is -0.464 e. The van der Waals surface area contributed by atoms with Gasteiger partial charge in [-0.2, -0.15) is 0 Å². The van der Waals surface area contributed by atoms with Crippen molar-refractivity contribution < 1.29 is 23.9 Å². The minimum atomic E-state index is -1.08. The van der Waals surface area contributed by atoms with E-state index in [1.807, 2.05) is 0 Å². The summed E-state index contributed by atoms with van der Waals surface area (Å²) in [6.07, 6.45) is -0.585. The lowest BCUT2D eigenvalue weighted by Gasteiger charge is -2.24. The van der Waals surface area contributed by atoms with Crippen molar-refractivity contribution in [2.24, 2.45) is 0 Å². The van der Waals surface area contributed by atoms with Gasteiger partial charge in [0.05, 0.1) is 6.61 Å². The lowest BCUT2D eigenvalue weighted by molar-refractivity contribution is -0.155. The molecule has 0 bridgehead atoms. The summed E-state index contributed by atoms with van der Waals surface area (Å²) in [5, 5.41) is 2.26. The van der Waals surface area contributed by atoms with Crippen LogP contribution in [-0.2, 0) is 23.9 Å². The molecule has 1 N–H and O–H groups in total. The maximum atomic E-state index is 11.6. The Bertz CT molecular complexity index is 313. The highest BCUT2D eigenvalue weighted by Crippen LogP contribution is 2.11. The van der Waals surface area contributed by atoms with E-state index in [-0.39, 0.29) is 6.61 Å². The Kier molecular flexibility index (Phi) is 6.62. The first-order valence-corrected chi connectivity index (χ1v) is 5.13. The summed E-state index contributed by atoms with van der Waals surface area (Å²) in [5.41, 5.74) is 0.438. The van der Waals surface area contributed by atoms with Crippen LogP contribution in [0, 0.1) is 0 Å². The molecule has 17 heavy (non-hydrogen) atoms. The Labute approximate surface area is 100.0 Å². The smallest absolute Gasteiger partial charge is 0.332 e. The van der Waals surface area contributed by atoms with E-state index in [0.717, 1.165) is 0 Å². The normalized spacial score (nSPS) is 13.1. The zero-order valence-corrected chi connectivity index (χ0v) is 10.2.